The zero-order valence-corrected chi connectivity index (χ0v) is 17.4. The maximum atomic E-state index is 6.32. The van der Waals surface area contributed by atoms with Crippen LogP contribution in [-0.4, -0.2) is 52.9 Å². The Morgan fingerprint density at radius 2 is 1.86 bits per heavy atom. The standard InChI is InChI=1S/C18H25Cl2N7O/c1-12(2)27(22)18(24-21)17(15-4-3-9-28-15)26-7-5-25(6-8-26)16-13(19)10-23-11-14(16)20/h3-4,9-12,17H,5-8,21-22H2,1-2H3/b24-18-. The summed E-state index contributed by atoms with van der Waals surface area (Å²) in [5.41, 5.74) is 0.808. The molecule has 1 saturated heterocycles. The average Bonchev–Trinajstić information content (AvgIpc) is 3.20. The van der Waals surface area contributed by atoms with E-state index < -0.39 is 0 Å². The summed E-state index contributed by atoms with van der Waals surface area (Å²) in [5.74, 6) is 13.3. The molecule has 0 aromatic carbocycles. The normalized spacial score (nSPS) is 17.2. The Balaban J connectivity index is 1.82. The molecule has 0 amide bonds. The number of hydrogen-bond acceptors (Lipinski definition) is 7. The molecule has 3 heterocycles. The molecule has 1 aliphatic heterocycles. The number of hydrogen-bond donors (Lipinski definition) is 2. The lowest BCUT2D eigenvalue weighted by Crippen LogP contribution is -2.54. The fourth-order valence-corrected chi connectivity index (χ4v) is 3.97. The van der Waals surface area contributed by atoms with Crippen molar-refractivity contribution in [3.8, 4) is 0 Å². The van der Waals surface area contributed by atoms with Gasteiger partial charge in [-0.1, -0.05) is 23.2 Å². The van der Waals surface area contributed by atoms with Crippen LogP contribution in [0.5, 0.6) is 0 Å². The number of aromatic nitrogens is 1. The van der Waals surface area contributed by atoms with Gasteiger partial charge in [0.15, 0.2) is 5.84 Å². The average molecular weight is 426 g/mol. The van der Waals surface area contributed by atoms with Gasteiger partial charge in [0, 0.05) is 44.6 Å². The highest BCUT2D eigenvalue weighted by atomic mass is 35.5. The molecule has 4 N–H and O–H groups in total. The molecule has 0 spiro atoms. The van der Waals surface area contributed by atoms with E-state index >= 15 is 0 Å². The summed E-state index contributed by atoms with van der Waals surface area (Å²) >= 11 is 12.6. The van der Waals surface area contributed by atoms with E-state index in [2.05, 4.69) is 19.9 Å². The molecule has 8 nitrogen and oxygen atoms in total. The van der Waals surface area contributed by atoms with Crippen LogP contribution in [0.1, 0.15) is 25.6 Å². The van der Waals surface area contributed by atoms with Gasteiger partial charge in [0.25, 0.3) is 0 Å². The third-order valence-electron chi connectivity index (χ3n) is 4.83. The van der Waals surface area contributed by atoms with Crippen molar-refractivity contribution in [1.29, 1.82) is 0 Å². The number of halogens is 2. The Bertz CT molecular complexity index is 784. The number of anilines is 1. The van der Waals surface area contributed by atoms with Crippen molar-refractivity contribution in [1.82, 2.24) is 14.9 Å². The number of furan rings is 1. The molecule has 0 radical (unpaired) electrons. The molecule has 0 saturated carbocycles. The molecule has 1 aliphatic rings. The molecule has 1 atom stereocenters. The topological polar surface area (TPSA) is 100 Å². The van der Waals surface area contributed by atoms with E-state index in [1.54, 1.807) is 23.7 Å². The van der Waals surface area contributed by atoms with E-state index in [-0.39, 0.29) is 12.1 Å². The third-order valence-corrected chi connectivity index (χ3v) is 5.39. The molecule has 28 heavy (non-hydrogen) atoms. The van der Waals surface area contributed by atoms with Crippen LogP contribution >= 0.6 is 23.2 Å². The van der Waals surface area contributed by atoms with Gasteiger partial charge >= 0.3 is 0 Å². The predicted octanol–water partition coefficient (Wildman–Crippen LogP) is 2.70. The molecule has 2 aromatic heterocycles. The van der Waals surface area contributed by atoms with E-state index in [9.17, 15) is 0 Å². The number of rotatable bonds is 5. The van der Waals surface area contributed by atoms with Gasteiger partial charge in [-0.3, -0.25) is 14.9 Å². The van der Waals surface area contributed by atoms with E-state index in [1.807, 2.05) is 26.0 Å². The van der Waals surface area contributed by atoms with Crippen molar-refractivity contribution < 1.29 is 4.42 Å². The van der Waals surface area contributed by atoms with E-state index in [4.69, 9.17) is 39.3 Å². The van der Waals surface area contributed by atoms with Crippen LogP contribution in [0.15, 0.2) is 40.3 Å². The Morgan fingerprint density at radius 3 is 2.36 bits per heavy atom. The summed E-state index contributed by atoms with van der Waals surface area (Å²) in [6, 6.07) is 3.51. The maximum Gasteiger partial charge on any atom is 0.164 e. The molecule has 1 fully saturated rings. The molecule has 2 aromatic rings. The second-order valence-corrected chi connectivity index (χ2v) is 7.70. The minimum atomic E-state index is -0.280. The summed E-state index contributed by atoms with van der Waals surface area (Å²) in [6.07, 6.45) is 4.85. The Kier molecular flexibility index (Phi) is 6.66. The van der Waals surface area contributed by atoms with Crippen LogP contribution in [-0.2, 0) is 0 Å². The summed E-state index contributed by atoms with van der Waals surface area (Å²) in [7, 11) is 0. The first-order valence-electron chi connectivity index (χ1n) is 9.07. The molecular formula is C18H25Cl2N7O. The lowest BCUT2D eigenvalue weighted by Gasteiger charge is -2.41. The highest BCUT2D eigenvalue weighted by Crippen LogP contribution is 2.34. The van der Waals surface area contributed by atoms with Gasteiger partial charge in [-0.15, -0.1) is 0 Å². The Morgan fingerprint density at radius 1 is 1.21 bits per heavy atom. The SMILES string of the molecule is CC(C)N(N)/C(=N\N)C(c1ccco1)N1CCN(c2c(Cl)cncc2Cl)CC1. The molecule has 10 heteroatoms. The lowest BCUT2D eigenvalue weighted by atomic mass is 10.1. The fourth-order valence-electron chi connectivity index (χ4n) is 3.37. The number of nitrogens with two attached hydrogens (primary N) is 2. The van der Waals surface area contributed by atoms with Gasteiger partial charge in [-0.2, -0.15) is 5.10 Å². The molecule has 0 bridgehead atoms. The van der Waals surface area contributed by atoms with E-state index in [1.165, 1.54) is 0 Å². The first-order chi connectivity index (χ1) is 13.4. The van der Waals surface area contributed by atoms with Crippen LogP contribution in [0.3, 0.4) is 0 Å². The summed E-state index contributed by atoms with van der Waals surface area (Å²) in [4.78, 5) is 8.42. The number of piperazine rings is 1. The molecule has 1 unspecified atom stereocenters. The van der Waals surface area contributed by atoms with Crippen molar-refractivity contribution in [2.45, 2.75) is 25.9 Å². The van der Waals surface area contributed by atoms with Gasteiger partial charge in [-0.05, 0) is 26.0 Å². The maximum absolute atomic E-state index is 6.32. The van der Waals surface area contributed by atoms with Crippen LogP contribution in [0, 0.1) is 0 Å². The van der Waals surface area contributed by atoms with Gasteiger partial charge in [0.05, 0.1) is 22.0 Å². The fraction of sp³-hybridized carbons (Fsp3) is 0.444. The predicted molar refractivity (Wildman–Crippen MR) is 112 cm³/mol. The number of pyridine rings is 1. The van der Waals surface area contributed by atoms with Crippen LogP contribution < -0.4 is 16.6 Å². The van der Waals surface area contributed by atoms with Crippen molar-refractivity contribution in [3.63, 3.8) is 0 Å². The van der Waals surface area contributed by atoms with Crippen molar-refractivity contribution >= 4 is 34.7 Å². The van der Waals surface area contributed by atoms with Crippen molar-refractivity contribution in [3.05, 3.63) is 46.6 Å². The second-order valence-electron chi connectivity index (χ2n) is 6.88. The Labute approximate surface area is 174 Å². The molecule has 3 rings (SSSR count). The second kappa shape index (κ2) is 9.00. The lowest BCUT2D eigenvalue weighted by molar-refractivity contribution is 0.190. The highest BCUT2D eigenvalue weighted by Gasteiger charge is 2.34. The van der Waals surface area contributed by atoms with Gasteiger partial charge in [-0.25, -0.2) is 5.84 Å². The smallest absolute Gasteiger partial charge is 0.164 e. The molecule has 0 aliphatic carbocycles. The van der Waals surface area contributed by atoms with Gasteiger partial charge in [0.2, 0.25) is 0 Å². The summed E-state index contributed by atoms with van der Waals surface area (Å²) < 4.78 is 5.69. The van der Waals surface area contributed by atoms with Crippen molar-refractivity contribution in [2.24, 2.45) is 16.8 Å². The number of hydrazine groups is 1. The third kappa shape index (κ3) is 4.20. The minimum Gasteiger partial charge on any atom is -0.467 e. The minimum absolute atomic E-state index is 0.0375. The highest BCUT2D eigenvalue weighted by molar-refractivity contribution is 6.38. The first-order valence-corrected chi connectivity index (χ1v) is 9.82. The van der Waals surface area contributed by atoms with Gasteiger partial charge in [0.1, 0.15) is 11.8 Å². The largest absolute Gasteiger partial charge is 0.467 e. The quantitative estimate of drug-likeness (QED) is 0.328. The van der Waals surface area contributed by atoms with Crippen LogP contribution in [0.25, 0.3) is 0 Å². The van der Waals surface area contributed by atoms with E-state index in [0.717, 1.165) is 37.6 Å². The number of amidine groups is 1. The first kappa shape index (κ1) is 20.7. The molecular weight excluding hydrogens is 401 g/mol. The van der Waals surface area contributed by atoms with Crippen molar-refractivity contribution in [2.75, 3.05) is 31.1 Å². The van der Waals surface area contributed by atoms with E-state index in [0.29, 0.717) is 15.9 Å². The molecule has 152 valence electrons. The summed E-state index contributed by atoms with van der Waals surface area (Å²) in [6.45, 7) is 6.87. The van der Waals surface area contributed by atoms with Crippen LogP contribution in [0.2, 0.25) is 10.0 Å². The zero-order chi connectivity index (χ0) is 20.3. The number of hydrazone groups is 1. The number of nitrogens with zero attached hydrogens (tertiary/aromatic N) is 5. The monoisotopic (exact) mass is 425 g/mol. The van der Waals surface area contributed by atoms with Crippen LogP contribution in [0.4, 0.5) is 5.69 Å². The summed E-state index contributed by atoms with van der Waals surface area (Å²) in [5, 5.41) is 6.66. The zero-order valence-electron chi connectivity index (χ0n) is 15.9. The van der Waals surface area contributed by atoms with Gasteiger partial charge < -0.3 is 15.2 Å². The Hall–Kier alpha value is -2.00.